The number of aliphatic hydroxyl groups excluding tert-OH is 2. The van der Waals surface area contributed by atoms with Crippen LogP contribution in [0.3, 0.4) is 0 Å². The largest absolute Gasteiger partial charge is 0.445 e. The highest BCUT2D eigenvalue weighted by molar-refractivity contribution is 7.10. The van der Waals surface area contributed by atoms with Gasteiger partial charge in [-0.2, -0.15) is 0 Å². The number of carbonyl (C=O) groups excluding carboxylic acids is 3. The van der Waals surface area contributed by atoms with Crippen molar-refractivity contribution in [3.8, 4) is 0 Å². The molecule has 0 aliphatic carbocycles. The fraction of sp³-hybridized carbons (Fsp3) is 0.265. The molecule has 44 heavy (non-hydrogen) atoms. The zero-order valence-electron chi connectivity index (χ0n) is 24.1. The van der Waals surface area contributed by atoms with E-state index in [9.17, 15) is 24.6 Å². The number of carbonyl (C=O) groups is 3. The van der Waals surface area contributed by atoms with Crippen LogP contribution in [0.5, 0.6) is 0 Å². The van der Waals surface area contributed by atoms with E-state index in [1.165, 1.54) is 15.4 Å². The summed E-state index contributed by atoms with van der Waals surface area (Å²) in [6.07, 6.45) is -3.68. The second kappa shape index (κ2) is 14.8. The molecule has 1 aliphatic heterocycles. The second-order valence-electron chi connectivity index (χ2n) is 10.6. The Bertz CT molecular complexity index is 1530. The van der Waals surface area contributed by atoms with Crippen LogP contribution >= 0.6 is 11.3 Å². The average molecular weight is 614 g/mol. The van der Waals surface area contributed by atoms with Crippen LogP contribution in [0.25, 0.3) is 0 Å². The molecular weight excluding hydrogens is 578 g/mol. The normalized spacial score (nSPS) is 16.2. The van der Waals surface area contributed by atoms with E-state index in [-0.39, 0.29) is 32.8 Å². The maximum atomic E-state index is 13.5. The first-order chi connectivity index (χ1) is 21.4. The number of amides is 3. The van der Waals surface area contributed by atoms with Crippen molar-refractivity contribution in [1.82, 2.24) is 15.1 Å². The van der Waals surface area contributed by atoms with E-state index in [4.69, 9.17) is 4.74 Å². The molecule has 5 rings (SSSR count). The number of aliphatic hydroxyl groups is 2. The van der Waals surface area contributed by atoms with Crippen LogP contribution in [-0.2, 0) is 33.9 Å². The Hall–Kier alpha value is -4.51. The van der Waals surface area contributed by atoms with E-state index in [0.29, 0.717) is 0 Å². The number of hydrogen-bond donors (Lipinski definition) is 3. The molecule has 1 saturated heterocycles. The van der Waals surface area contributed by atoms with Gasteiger partial charge >= 0.3 is 6.09 Å². The van der Waals surface area contributed by atoms with Gasteiger partial charge in [0, 0.05) is 37.5 Å². The summed E-state index contributed by atoms with van der Waals surface area (Å²) < 4.78 is 5.50. The van der Waals surface area contributed by atoms with E-state index in [1.807, 2.05) is 90.3 Å². The number of ether oxygens (including phenoxy) is 1. The maximum Gasteiger partial charge on any atom is 0.410 e. The Morgan fingerprint density at radius 1 is 0.841 bits per heavy atom. The number of rotatable bonds is 10. The van der Waals surface area contributed by atoms with Gasteiger partial charge in [-0.25, -0.2) is 4.79 Å². The van der Waals surface area contributed by atoms with Crippen molar-refractivity contribution < 1.29 is 29.3 Å². The minimum absolute atomic E-state index is 0.0866. The lowest BCUT2D eigenvalue weighted by atomic mass is 10.0. The molecule has 0 radical (unpaired) electrons. The molecule has 3 atom stereocenters. The van der Waals surface area contributed by atoms with Crippen molar-refractivity contribution in [2.24, 2.45) is 0 Å². The fourth-order valence-corrected chi connectivity index (χ4v) is 6.06. The van der Waals surface area contributed by atoms with Crippen LogP contribution in [0.4, 0.5) is 4.79 Å². The Morgan fingerprint density at radius 2 is 1.48 bits per heavy atom. The van der Waals surface area contributed by atoms with E-state index in [2.05, 4.69) is 17.4 Å². The minimum Gasteiger partial charge on any atom is -0.445 e. The van der Waals surface area contributed by atoms with Crippen LogP contribution in [0, 0.1) is 0 Å². The topological polar surface area (TPSA) is 119 Å². The van der Waals surface area contributed by atoms with Gasteiger partial charge in [0.25, 0.3) is 11.8 Å². The zero-order valence-corrected chi connectivity index (χ0v) is 24.9. The van der Waals surface area contributed by atoms with E-state index < -0.39 is 36.2 Å². The molecule has 0 bridgehead atoms. The molecule has 1 fully saturated rings. The van der Waals surface area contributed by atoms with Crippen LogP contribution < -0.4 is 5.32 Å². The van der Waals surface area contributed by atoms with Crippen LogP contribution in [-0.4, -0.2) is 69.8 Å². The monoisotopic (exact) mass is 613 g/mol. The highest BCUT2D eigenvalue weighted by Gasteiger charge is 2.40. The predicted molar refractivity (Wildman–Crippen MR) is 167 cm³/mol. The van der Waals surface area contributed by atoms with Gasteiger partial charge in [0.15, 0.2) is 12.2 Å². The molecule has 1 aromatic heterocycles. The molecular formula is C34H35N3O6S. The fourth-order valence-electron chi connectivity index (χ4n) is 5.13. The first kappa shape index (κ1) is 30.9. The van der Waals surface area contributed by atoms with Crippen molar-refractivity contribution in [2.75, 3.05) is 19.6 Å². The molecule has 9 nitrogen and oxygen atoms in total. The number of hydrogen-bond acceptors (Lipinski definition) is 7. The number of piperazine rings is 1. The lowest BCUT2D eigenvalue weighted by Gasteiger charge is -2.42. The summed E-state index contributed by atoms with van der Waals surface area (Å²) in [5.41, 5.74) is 3.65. The van der Waals surface area contributed by atoms with Gasteiger partial charge in [0.1, 0.15) is 6.61 Å². The molecule has 228 valence electrons. The van der Waals surface area contributed by atoms with Crippen molar-refractivity contribution in [1.29, 1.82) is 0 Å². The number of nitrogens with zero attached hydrogens (tertiary/aromatic N) is 2. The molecule has 3 N–H and O–H groups in total. The van der Waals surface area contributed by atoms with Gasteiger partial charge in [0.2, 0.25) is 0 Å². The second-order valence-corrected chi connectivity index (χ2v) is 11.6. The summed E-state index contributed by atoms with van der Waals surface area (Å²) in [5.74, 6) is -1.64. The van der Waals surface area contributed by atoms with Gasteiger partial charge in [-0.05, 0) is 33.7 Å². The van der Waals surface area contributed by atoms with Crippen molar-refractivity contribution in [2.45, 2.75) is 37.8 Å². The quantitative estimate of drug-likeness (QED) is 0.250. The molecule has 0 spiro atoms. The highest BCUT2D eigenvalue weighted by Crippen LogP contribution is 2.27. The molecule has 3 amide bonds. The third-order valence-corrected chi connectivity index (χ3v) is 8.51. The number of nitrogens with one attached hydrogen (secondary N) is 1. The molecule has 10 heteroatoms. The summed E-state index contributed by atoms with van der Waals surface area (Å²) >= 11 is 1.58. The highest BCUT2D eigenvalue weighted by atomic mass is 32.1. The van der Waals surface area contributed by atoms with Crippen molar-refractivity contribution in [3.05, 3.63) is 130 Å². The van der Waals surface area contributed by atoms with Gasteiger partial charge in [-0.3, -0.25) is 9.59 Å². The van der Waals surface area contributed by atoms with Crippen LogP contribution in [0.15, 0.2) is 102 Å². The van der Waals surface area contributed by atoms with Crippen LogP contribution in [0.2, 0.25) is 0 Å². The third-order valence-electron chi connectivity index (χ3n) is 7.53. The molecule has 0 saturated carbocycles. The summed E-state index contributed by atoms with van der Waals surface area (Å²) in [4.78, 5) is 43.2. The van der Waals surface area contributed by atoms with E-state index in [1.54, 1.807) is 11.3 Å². The van der Waals surface area contributed by atoms with Crippen LogP contribution in [0.1, 0.15) is 33.2 Å². The first-order valence-electron chi connectivity index (χ1n) is 14.4. The van der Waals surface area contributed by atoms with Gasteiger partial charge in [-0.1, -0.05) is 91.0 Å². The number of thiophene rings is 1. The van der Waals surface area contributed by atoms with Gasteiger partial charge < -0.3 is 30.1 Å². The Labute approximate surface area is 260 Å². The summed E-state index contributed by atoms with van der Waals surface area (Å²) in [7, 11) is 0. The van der Waals surface area contributed by atoms with Gasteiger partial charge in [0.05, 0.1) is 6.04 Å². The molecule has 2 heterocycles. The number of benzene rings is 3. The first-order valence-corrected chi connectivity index (χ1v) is 15.3. The molecule has 0 unspecified atom stereocenters. The summed E-state index contributed by atoms with van der Waals surface area (Å²) in [6.45, 7) is 0.652. The van der Waals surface area contributed by atoms with E-state index in [0.717, 1.165) is 28.0 Å². The van der Waals surface area contributed by atoms with Gasteiger partial charge in [-0.15, -0.1) is 11.3 Å². The van der Waals surface area contributed by atoms with Crippen molar-refractivity contribution >= 4 is 29.2 Å². The smallest absolute Gasteiger partial charge is 0.410 e. The lowest BCUT2D eigenvalue weighted by molar-refractivity contribution is -0.156. The van der Waals surface area contributed by atoms with E-state index >= 15 is 0 Å². The SMILES string of the molecule is O=C(NCc1csc(Cc2ccccc2)c1)[C@H](O)[C@@H](O)C(=O)N1CCN(C(=O)OCc2ccccc2)C[C@@H]1c1ccccc1. The Balaban J connectivity index is 1.18. The maximum absolute atomic E-state index is 13.5. The molecule has 1 aliphatic rings. The zero-order chi connectivity index (χ0) is 30.9. The standard InChI is InChI=1S/C34H35N3O6S/c38-30(32(40)35-20-26-19-28(44-23-26)18-24-10-4-1-5-11-24)31(39)33(41)37-17-16-36(21-29(37)27-14-8-3-9-15-27)34(42)43-22-25-12-6-2-7-13-25/h1-15,19,23,29-31,38-39H,16-18,20-22H2,(H,35,40)/t29-,30-,31-/m1/s1. The minimum atomic E-state index is -1.98. The Morgan fingerprint density at radius 3 is 2.16 bits per heavy atom. The lowest BCUT2D eigenvalue weighted by Crippen LogP contribution is -2.57. The molecule has 4 aromatic rings. The predicted octanol–water partition coefficient (Wildman–Crippen LogP) is 3.90. The van der Waals surface area contributed by atoms with Crippen molar-refractivity contribution in [3.63, 3.8) is 0 Å². The Kier molecular flexibility index (Phi) is 10.4. The molecule has 3 aromatic carbocycles. The third kappa shape index (κ3) is 7.90. The average Bonchev–Trinajstić information content (AvgIpc) is 3.53. The summed E-state index contributed by atoms with van der Waals surface area (Å²) in [5, 5.41) is 26.0. The summed E-state index contributed by atoms with van der Waals surface area (Å²) in [6, 6.07) is 29.9.